The molecule has 4 atom stereocenters. The van der Waals surface area contributed by atoms with Gasteiger partial charge >= 0.3 is 0 Å². The molecule has 6 nitrogen and oxygen atoms in total. The first-order valence-electron chi connectivity index (χ1n) is 8.03. The van der Waals surface area contributed by atoms with Crippen LogP contribution in [0, 0.1) is 6.92 Å². The summed E-state index contributed by atoms with van der Waals surface area (Å²) in [5.74, 6) is -0.361. The van der Waals surface area contributed by atoms with E-state index in [1.54, 1.807) is 4.90 Å². The van der Waals surface area contributed by atoms with Gasteiger partial charge in [0.25, 0.3) is 0 Å². The minimum Gasteiger partial charge on any atom is -0.391 e. The van der Waals surface area contributed by atoms with Crippen LogP contribution in [0.3, 0.4) is 0 Å². The molecule has 1 aromatic carbocycles. The number of nitrogens with one attached hydrogen (secondary N) is 2. The first-order chi connectivity index (χ1) is 11.0. The Bertz CT molecular complexity index is 617. The summed E-state index contributed by atoms with van der Waals surface area (Å²) in [6.07, 6.45) is -0.276. The number of aryl methyl sites for hydroxylation is 1. The van der Waals surface area contributed by atoms with E-state index in [1.165, 1.54) is 18.1 Å². The minimum atomic E-state index is -0.883. The van der Waals surface area contributed by atoms with E-state index in [9.17, 15) is 14.7 Å². The number of piperazine rings is 1. The van der Waals surface area contributed by atoms with Gasteiger partial charge in [-0.05, 0) is 25.8 Å². The lowest BCUT2D eigenvalue weighted by Gasteiger charge is -2.35. The Labute approximate surface area is 135 Å². The molecule has 3 N–H and O–H groups in total. The normalized spacial score (nSPS) is 28.5. The van der Waals surface area contributed by atoms with Crippen molar-refractivity contribution in [3.63, 3.8) is 0 Å². The molecule has 1 aromatic rings. The molecular formula is C17H23N3O3. The highest BCUT2D eigenvalue weighted by Crippen LogP contribution is 2.24. The van der Waals surface area contributed by atoms with Crippen LogP contribution in [0.4, 0.5) is 0 Å². The largest absolute Gasteiger partial charge is 0.391 e. The summed E-state index contributed by atoms with van der Waals surface area (Å²) in [5, 5.41) is 15.7. The van der Waals surface area contributed by atoms with Gasteiger partial charge in [0.2, 0.25) is 11.8 Å². The van der Waals surface area contributed by atoms with Crippen LogP contribution in [-0.2, 0) is 16.1 Å². The lowest BCUT2D eigenvalue weighted by atomic mass is 10.0. The number of carbonyl (C=O) groups is 2. The number of amides is 2. The quantitative estimate of drug-likeness (QED) is 0.726. The number of benzene rings is 1. The molecule has 0 aromatic heterocycles. The van der Waals surface area contributed by atoms with Crippen LogP contribution in [-0.4, -0.2) is 52.6 Å². The average Bonchev–Trinajstić information content (AvgIpc) is 2.94. The molecule has 2 heterocycles. The third-order valence-corrected chi connectivity index (χ3v) is 4.61. The number of aliphatic hydroxyl groups is 1. The molecule has 2 aliphatic rings. The van der Waals surface area contributed by atoms with E-state index in [4.69, 9.17) is 0 Å². The molecule has 0 radical (unpaired) electrons. The molecule has 3 rings (SSSR count). The van der Waals surface area contributed by atoms with Gasteiger partial charge in [0.15, 0.2) is 0 Å². The summed E-state index contributed by atoms with van der Waals surface area (Å²) in [6, 6.07) is 7.09. The van der Waals surface area contributed by atoms with Crippen molar-refractivity contribution in [1.29, 1.82) is 0 Å². The van der Waals surface area contributed by atoms with E-state index in [2.05, 4.69) is 35.8 Å². The monoisotopic (exact) mass is 317 g/mol. The van der Waals surface area contributed by atoms with Gasteiger partial charge < -0.3 is 20.6 Å². The van der Waals surface area contributed by atoms with Gasteiger partial charge in [-0.15, -0.1) is 0 Å². The number of nitrogens with zero attached hydrogens (tertiary/aromatic N) is 1. The van der Waals surface area contributed by atoms with Gasteiger partial charge in [-0.25, -0.2) is 0 Å². The predicted octanol–water partition coefficient (Wildman–Crippen LogP) is -0.0667. The Kier molecular flexibility index (Phi) is 4.37. The van der Waals surface area contributed by atoms with Crippen molar-refractivity contribution in [2.45, 2.75) is 51.0 Å². The Morgan fingerprint density at radius 1 is 1.43 bits per heavy atom. The standard InChI is InChI=1S/C17H23N3O3/c1-10-4-3-5-12(6-10)8-18-13-7-14-16(22)19-15(11(2)21)17(23)20(14)9-13/h3-6,11,13-15,18,21H,7-9H2,1-2H3,(H,19,22)/t11-,13-,14-,15+/m0/s1. The number of aliphatic hydroxyl groups excluding tert-OH is 1. The third-order valence-electron chi connectivity index (χ3n) is 4.61. The van der Waals surface area contributed by atoms with E-state index >= 15 is 0 Å². The van der Waals surface area contributed by atoms with Gasteiger partial charge in [0.1, 0.15) is 12.1 Å². The molecule has 0 unspecified atom stereocenters. The second-order valence-corrected chi connectivity index (χ2v) is 6.54. The van der Waals surface area contributed by atoms with Crippen LogP contribution in [0.25, 0.3) is 0 Å². The van der Waals surface area contributed by atoms with Crippen LogP contribution >= 0.6 is 0 Å². The van der Waals surface area contributed by atoms with Crippen molar-refractivity contribution in [3.8, 4) is 0 Å². The van der Waals surface area contributed by atoms with Crippen LogP contribution in [0.15, 0.2) is 24.3 Å². The number of rotatable bonds is 4. The van der Waals surface area contributed by atoms with Crippen LogP contribution in [0.5, 0.6) is 0 Å². The topological polar surface area (TPSA) is 81.7 Å². The average molecular weight is 317 g/mol. The highest BCUT2D eigenvalue weighted by Gasteiger charge is 2.47. The predicted molar refractivity (Wildman–Crippen MR) is 85.5 cm³/mol. The fourth-order valence-electron chi connectivity index (χ4n) is 3.38. The van der Waals surface area contributed by atoms with Gasteiger partial charge in [0.05, 0.1) is 6.10 Å². The van der Waals surface area contributed by atoms with Gasteiger partial charge in [-0.3, -0.25) is 9.59 Å². The van der Waals surface area contributed by atoms with Crippen LogP contribution < -0.4 is 10.6 Å². The van der Waals surface area contributed by atoms with Crippen molar-refractivity contribution in [3.05, 3.63) is 35.4 Å². The van der Waals surface area contributed by atoms with E-state index in [-0.39, 0.29) is 17.9 Å². The van der Waals surface area contributed by atoms with Crippen LogP contribution in [0.1, 0.15) is 24.5 Å². The Morgan fingerprint density at radius 2 is 2.22 bits per heavy atom. The van der Waals surface area contributed by atoms with E-state index in [0.29, 0.717) is 19.5 Å². The zero-order chi connectivity index (χ0) is 16.6. The van der Waals surface area contributed by atoms with E-state index in [1.807, 2.05) is 6.07 Å². The summed E-state index contributed by atoms with van der Waals surface area (Å²) in [7, 11) is 0. The van der Waals surface area contributed by atoms with Crippen LogP contribution in [0.2, 0.25) is 0 Å². The summed E-state index contributed by atoms with van der Waals surface area (Å²) >= 11 is 0. The molecule has 2 amide bonds. The highest BCUT2D eigenvalue weighted by molar-refractivity contribution is 5.97. The molecule has 0 saturated carbocycles. The number of hydrogen-bond donors (Lipinski definition) is 3. The lowest BCUT2D eigenvalue weighted by molar-refractivity contribution is -0.149. The molecular weight excluding hydrogens is 294 g/mol. The molecule has 2 fully saturated rings. The molecule has 0 bridgehead atoms. The third kappa shape index (κ3) is 3.23. The second kappa shape index (κ2) is 6.29. The molecule has 124 valence electrons. The van der Waals surface area contributed by atoms with Crippen molar-refractivity contribution < 1.29 is 14.7 Å². The fourth-order valence-corrected chi connectivity index (χ4v) is 3.38. The first kappa shape index (κ1) is 16.0. The maximum Gasteiger partial charge on any atom is 0.248 e. The van der Waals surface area contributed by atoms with Crippen molar-refractivity contribution in [2.75, 3.05) is 6.54 Å². The Hall–Kier alpha value is -1.92. The maximum atomic E-state index is 12.4. The molecule has 23 heavy (non-hydrogen) atoms. The number of fused-ring (bicyclic) bond motifs is 1. The van der Waals surface area contributed by atoms with E-state index < -0.39 is 18.2 Å². The number of hydrogen-bond acceptors (Lipinski definition) is 4. The fraction of sp³-hybridized carbons (Fsp3) is 0.529. The van der Waals surface area contributed by atoms with Crippen molar-refractivity contribution in [1.82, 2.24) is 15.5 Å². The molecule has 6 heteroatoms. The smallest absolute Gasteiger partial charge is 0.248 e. The summed E-state index contributed by atoms with van der Waals surface area (Å²) < 4.78 is 0. The summed E-state index contributed by atoms with van der Waals surface area (Å²) in [5.41, 5.74) is 2.40. The zero-order valence-electron chi connectivity index (χ0n) is 13.5. The molecule has 0 aliphatic carbocycles. The summed E-state index contributed by atoms with van der Waals surface area (Å²) in [4.78, 5) is 26.1. The molecule has 0 spiro atoms. The molecule has 2 aliphatic heterocycles. The van der Waals surface area contributed by atoms with Gasteiger partial charge in [-0.1, -0.05) is 29.8 Å². The maximum absolute atomic E-state index is 12.4. The highest BCUT2D eigenvalue weighted by atomic mass is 16.3. The Balaban J connectivity index is 1.63. The van der Waals surface area contributed by atoms with Crippen molar-refractivity contribution >= 4 is 11.8 Å². The first-order valence-corrected chi connectivity index (χ1v) is 8.03. The summed E-state index contributed by atoms with van der Waals surface area (Å²) in [6.45, 7) is 4.79. The van der Waals surface area contributed by atoms with Crippen molar-refractivity contribution in [2.24, 2.45) is 0 Å². The minimum absolute atomic E-state index is 0.0861. The number of carbonyl (C=O) groups excluding carboxylic acids is 2. The Morgan fingerprint density at radius 3 is 2.91 bits per heavy atom. The van der Waals surface area contributed by atoms with Gasteiger partial charge in [-0.2, -0.15) is 0 Å². The SMILES string of the molecule is Cc1cccc(CN[C@H]2C[C@H]3C(=O)N[C@H]([C@H](C)O)C(=O)N3C2)c1. The zero-order valence-corrected chi connectivity index (χ0v) is 13.5. The second-order valence-electron chi connectivity index (χ2n) is 6.54. The van der Waals surface area contributed by atoms with Gasteiger partial charge in [0, 0.05) is 19.1 Å². The lowest BCUT2D eigenvalue weighted by Crippen LogP contribution is -2.64. The van der Waals surface area contributed by atoms with E-state index in [0.717, 1.165) is 0 Å². The molecule has 2 saturated heterocycles.